The van der Waals surface area contributed by atoms with Gasteiger partial charge >= 0.3 is 6.03 Å². The van der Waals surface area contributed by atoms with E-state index in [1.54, 1.807) is 0 Å². The van der Waals surface area contributed by atoms with Gasteiger partial charge in [-0.2, -0.15) is 0 Å². The molecule has 0 aromatic heterocycles. The van der Waals surface area contributed by atoms with E-state index in [-0.39, 0.29) is 11.8 Å². The van der Waals surface area contributed by atoms with E-state index in [4.69, 9.17) is 0 Å². The summed E-state index contributed by atoms with van der Waals surface area (Å²) in [6.45, 7) is 0. The molecule has 0 aliphatic carbocycles. The van der Waals surface area contributed by atoms with Crippen molar-refractivity contribution >= 4 is 50.9 Å². The Morgan fingerprint density at radius 3 is 2.00 bits per heavy atom. The summed E-state index contributed by atoms with van der Waals surface area (Å²) in [6.07, 6.45) is 0. The first-order chi connectivity index (χ1) is 13.1. The van der Waals surface area contributed by atoms with Gasteiger partial charge in [0.05, 0.1) is 5.75 Å². The number of thioether (sulfide) groups is 1. The third kappa shape index (κ3) is 5.98. The van der Waals surface area contributed by atoms with E-state index in [1.807, 2.05) is 78.9 Å². The average Bonchev–Trinajstić information content (AvgIpc) is 2.68. The van der Waals surface area contributed by atoms with Crippen LogP contribution in [0.25, 0.3) is 0 Å². The Hall–Kier alpha value is -2.57. The number of carbonyl (C=O) groups is 2. The molecule has 0 saturated carbocycles. The number of hydrogen-bond donors (Lipinski definition) is 2. The molecule has 3 rings (SSSR count). The third-order valence-electron chi connectivity index (χ3n) is 3.68. The molecule has 0 aliphatic rings. The molecule has 0 atom stereocenters. The smallest absolute Gasteiger partial charge is 0.308 e. The van der Waals surface area contributed by atoms with Crippen molar-refractivity contribution in [1.82, 2.24) is 0 Å². The Morgan fingerprint density at radius 2 is 1.37 bits per heavy atom. The molecule has 2 amide bonds. The lowest BCUT2D eigenvalue weighted by molar-refractivity contribution is 0.102. The Bertz CT molecular complexity index is 913. The molecule has 0 unspecified atom stereocenters. The second-order valence-electron chi connectivity index (χ2n) is 5.69. The topological polar surface area (TPSA) is 58.2 Å². The van der Waals surface area contributed by atoms with Crippen LogP contribution in [-0.4, -0.2) is 17.6 Å². The molecule has 0 spiro atoms. The SMILES string of the molecule is O=C(Nc1ccccc1)Nc1ccc(SCC(=O)c2ccc(Br)cc2)cc1. The van der Waals surface area contributed by atoms with E-state index >= 15 is 0 Å². The molecule has 0 fully saturated rings. The average molecular weight is 441 g/mol. The number of ketones is 1. The molecule has 2 N–H and O–H groups in total. The van der Waals surface area contributed by atoms with Gasteiger partial charge in [-0.25, -0.2) is 4.79 Å². The van der Waals surface area contributed by atoms with Crippen LogP contribution in [0.4, 0.5) is 16.2 Å². The van der Waals surface area contributed by atoms with Crippen LogP contribution in [0.1, 0.15) is 10.4 Å². The molecule has 4 nitrogen and oxygen atoms in total. The molecular formula is C21H17BrN2O2S. The number of carbonyl (C=O) groups excluding carboxylic acids is 2. The highest BCUT2D eigenvalue weighted by Crippen LogP contribution is 2.22. The van der Waals surface area contributed by atoms with E-state index in [1.165, 1.54) is 11.8 Å². The first-order valence-electron chi connectivity index (χ1n) is 8.25. The van der Waals surface area contributed by atoms with Gasteiger partial charge in [0.25, 0.3) is 0 Å². The molecule has 136 valence electrons. The van der Waals surface area contributed by atoms with Crippen LogP contribution in [0.15, 0.2) is 88.2 Å². The van der Waals surface area contributed by atoms with Crippen LogP contribution in [0.2, 0.25) is 0 Å². The maximum Gasteiger partial charge on any atom is 0.323 e. The van der Waals surface area contributed by atoms with Crippen molar-refractivity contribution < 1.29 is 9.59 Å². The van der Waals surface area contributed by atoms with Crippen LogP contribution in [0.3, 0.4) is 0 Å². The zero-order chi connectivity index (χ0) is 19.1. The zero-order valence-electron chi connectivity index (χ0n) is 14.3. The second kappa shape index (κ2) is 9.39. The first kappa shape index (κ1) is 19.2. The monoisotopic (exact) mass is 440 g/mol. The summed E-state index contributed by atoms with van der Waals surface area (Å²) in [4.78, 5) is 25.2. The van der Waals surface area contributed by atoms with E-state index in [2.05, 4.69) is 26.6 Å². The summed E-state index contributed by atoms with van der Waals surface area (Å²) < 4.78 is 0.950. The summed E-state index contributed by atoms with van der Waals surface area (Å²) in [6, 6.07) is 23.7. The third-order valence-corrected chi connectivity index (χ3v) is 5.22. The first-order valence-corrected chi connectivity index (χ1v) is 10.0. The Labute approximate surface area is 170 Å². The summed E-state index contributed by atoms with van der Waals surface area (Å²) >= 11 is 4.83. The lowest BCUT2D eigenvalue weighted by Gasteiger charge is -2.08. The predicted molar refractivity (Wildman–Crippen MR) is 115 cm³/mol. The fraction of sp³-hybridized carbons (Fsp3) is 0.0476. The molecule has 0 saturated heterocycles. The minimum Gasteiger partial charge on any atom is -0.308 e. The molecule has 3 aromatic carbocycles. The normalized spacial score (nSPS) is 10.3. The Kier molecular flexibility index (Phi) is 6.68. The van der Waals surface area contributed by atoms with Gasteiger partial charge in [0, 0.05) is 26.3 Å². The van der Waals surface area contributed by atoms with E-state index in [0.29, 0.717) is 17.0 Å². The lowest BCUT2D eigenvalue weighted by Crippen LogP contribution is -2.19. The van der Waals surface area contributed by atoms with Gasteiger partial charge in [-0.05, 0) is 48.5 Å². The van der Waals surface area contributed by atoms with Gasteiger partial charge in [-0.1, -0.05) is 46.3 Å². The quantitative estimate of drug-likeness (QED) is 0.361. The summed E-state index contributed by atoms with van der Waals surface area (Å²) in [7, 11) is 0. The molecular weight excluding hydrogens is 424 g/mol. The minimum atomic E-state index is -0.299. The Balaban J connectivity index is 1.50. The standard InChI is InChI=1S/C21H17BrN2O2S/c22-16-8-6-15(7-9-16)20(25)14-27-19-12-10-18(11-13-19)24-21(26)23-17-4-2-1-3-5-17/h1-13H,14H2,(H2,23,24,26). The number of amides is 2. The molecule has 27 heavy (non-hydrogen) atoms. The van der Waals surface area contributed by atoms with Gasteiger partial charge in [0.1, 0.15) is 0 Å². The van der Waals surface area contributed by atoms with Gasteiger partial charge in [0.15, 0.2) is 5.78 Å². The van der Waals surface area contributed by atoms with Crippen molar-refractivity contribution in [2.75, 3.05) is 16.4 Å². The van der Waals surface area contributed by atoms with E-state index in [0.717, 1.165) is 15.1 Å². The molecule has 3 aromatic rings. The largest absolute Gasteiger partial charge is 0.323 e. The molecule has 0 heterocycles. The number of Topliss-reactive ketones (excluding diaryl/α,β-unsaturated/α-hetero) is 1. The van der Waals surface area contributed by atoms with E-state index in [9.17, 15) is 9.59 Å². The van der Waals surface area contributed by atoms with Gasteiger partial charge in [-0.3, -0.25) is 4.79 Å². The molecule has 0 aliphatic heterocycles. The highest BCUT2D eigenvalue weighted by molar-refractivity contribution is 9.10. The molecule has 0 radical (unpaired) electrons. The molecule has 0 bridgehead atoms. The number of benzene rings is 3. The van der Waals surface area contributed by atoms with Crippen molar-refractivity contribution in [3.8, 4) is 0 Å². The Morgan fingerprint density at radius 1 is 0.778 bits per heavy atom. The fourth-order valence-corrected chi connectivity index (χ4v) is 3.37. The van der Waals surface area contributed by atoms with Crippen molar-refractivity contribution in [2.45, 2.75) is 4.90 Å². The van der Waals surface area contributed by atoms with Gasteiger partial charge < -0.3 is 10.6 Å². The lowest BCUT2D eigenvalue weighted by atomic mass is 10.2. The second-order valence-corrected chi connectivity index (χ2v) is 7.65. The maximum absolute atomic E-state index is 12.2. The highest BCUT2D eigenvalue weighted by Gasteiger charge is 2.07. The van der Waals surface area contributed by atoms with Crippen LogP contribution in [0, 0.1) is 0 Å². The number of nitrogens with one attached hydrogen (secondary N) is 2. The summed E-state index contributed by atoms with van der Waals surface area (Å²) in [5.74, 6) is 0.444. The number of halogens is 1. The van der Waals surface area contributed by atoms with Crippen molar-refractivity contribution in [2.24, 2.45) is 0 Å². The predicted octanol–water partition coefficient (Wildman–Crippen LogP) is 6.07. The van der Waals surface area contributed by atoms with Crippen molar-refractivity contribution in [3.05, 3.63) is 88.9 Å². The summed E-state index contributed by atoms with van der Waals surface area (Å²) in [5, 5.41) is 5.55. The van der Waals surface area contributed by atoms with Gasteiger partial charge in [0.2, 0.25) is 0 Å². The van der Waals surface area contributed by atoms with Gasteiger partial charge in [-0.15, -0.1) is 11.8 Å². The van der Waals surface area contributed by atoms with Crippen LogP contribution < -0.4 is 10.6 Å². The number of rotatable bonds is 6. The fourth-order valence-electron chi connectivity index (χ4n) is 2.32. The van der Waals surface area contributed by atoms with E-state index < -0.39 is 0 Å². The number of hydrogen-bond acceptors (Lipinski definition) is 3. The van der Waals surface area contributed by atoms with Crippen molar-refractivity contribution in [3.63, 3.8) is 0 Å². The number of para-hydroxylation sites is 1. The van der Waals surface area contributed by atoms with Crippen LogP contribution in [0.5, 0.6) is 0 Å². The zero-order valence-corrected chi connectivity index (χ0v) is 16.7. The highest BCUT2D eigenvalue weighted by atomic mass is 79.9. The van der Waals surface area contributed by atoms with Crippen LogP contribution >= 0.6 is 27.7 Å². The molecule has 6 heteroatoms. The minimum absolute atomic E-state index is 0.0805. The summed E-state index contributed by atoms with van der Waals surface area (Å²) in [5.41, 5.74) is 2.11. The number of anilines is 2. The van der Waals surface area contributed by atoms with Crippen molar-refractivity contribution in [1.29, 1.82) is 0 Å². The maximum atomic E-state index is 12.2. The van der Waals surface area contributed by atoms with Crippen LogP contribution in [-0.2, 0) is 0 Å². The number of urea groups is 1.